The summed E-state index contributed by atoms with van der Waals surface area (Å²) in [6.07, 6.45) is 1.35. The molecule has 0 aliphatic heterocycles. The normalized spacial score (nSPS) is 10.1. The van der Waals surface area contributed by atoms with Crippen LogP contribution in [0.25, 0.3) is 0 Å². The maximum absolute atomic E-state index is 13.3. The summed E-state index contributed by atoms with van der Waals surface area (Å²) in [6.45, 7) is -0.139. The molecule has 21 heavy (non-hydrogen) atoms. The molecule has 0 saturated heterocycles. The van der Waals surface area contributed by atoms with E-state index in [2.05, 4.69) is 15.9 Å². The fourth-order valence-corrected chi connectivity index (χ4v) is 2.28. The second kappa shape index (κ2) is 5.85. The van der Waals surface area contributed by atoms with Gasteiger partial charge in [-0.1, -0.05) is 0 Å². The molecule has 0 saturated carbocycles. The first kappa shape index (κ1) is 14.9. The average Bonchev–Trinajstić information content (AvgIpc) is 2.42. The Bertz CT molecular complexity index is 826. The van der Waals surface area contributed by atoms with E-state index in [1.54, 1.807) is 0 Å². The highest BCUT2D eigenvalue weighted by atomic mass is 79.9. The zero-order valence-electron chi connectivity index (χ0n) is 10.4. The largest absolute Gasteiger partial charge is 0.335 e. The van der Waals surface area contributed by atoms with E-state index in [1.807, 2.05) is 6.07 Å². The Morgan fingerprint density at radius 2 is 2.14 bits per heavy atom. The van der Waals surface area contributed by atoms with E-state index in [0.29, 0.717) is 4.47 Å². The number of hydrogen-bond acceptors (Lipinski definition) is 4. The molecule has 0 radical (unpaired) electrons. The third-order valence-electron chi connectivity index (χ3n) is 2.76. The van der Waals surface area contributed by atoms with Gasteiger partial charge in [-0.3, -0.25) is 14.9 Å². The number of benzene rings is 1. The molecule has 0 amide bonds. The van der Waals surface area contributed by atoms with Crippen molar-refractivity contribution in [3.63, 3.8) is 0 Å². The molecular weight excluding hydrogens is 345 g/mol. The topological polar surface area (TPSA) is 88.9 Å². The van der Waals surface area contributed by atoms with Crippen molar-refractivity contribution in [3.05, 3.63) is 72.3 Å². The molecule has 0 fully saturated rings. The van der Waals surface area contributed by atoms with Crippen LogP contribution in [0.4, 0.5) is 10.1 Å². The van der Waals surface area contributed by atoms with Gasteiger partial charge in [0.1, 0.15) is 5.82 Å². The average molecular weight is 352 g/mol. The quantitative estimate of drug-likeness (QED) is 0.627. The van der Waals surface area contributed by atoms with E-state index in [4.69, 9.17) is 5.26 Å². The van der Waals surface area contributed by atoms with E-state index >= 15 is 0 Å². The van der Waals surface area contributed by atoms with Gasteiger partial charge in [0.15, 0.2) is 0 Å². The molecule has 1 aromatic carbocycles. The molecule has 8 heteroatoms. The van der Waals surface area contributed by atoms with Crippen LogP contribution in [-0.4, -0.2) is 9.49 Å². The number of rotatable bonds is 3. The minimum absolute atomic E-state index is 0.139. The van der Waals surface area contributed by atoms with Gasteiger partial charge in [-0.2, -0.15) is 5.26 Å². The van der Waals surface area contributed by atoms with Gasteiger partial charge in [-0.15, -0.1) is 0 Å². The second-order valence-electron chi connectivity index (χ2n) is 4.15. The van der Waals surface area contributed by atoms with Crippen LogP contribution in [-0.2, 0) is 6.54 Å². The van der Waals surface area contributed by atoms with Gasteiger partial charge in [0, 0.05) is 16.7 Å². The number of pyridine rings is 1. The fraction of sp³-hybridized carbons (Fsp3) is 0.0769. The highest BCUT2D eigenvalue weighted by molar-refractivity contribution is 9.10. The molecule has 106 valence electrons. The van der Waals surface area contributed by atoms with E-state index in [0.717, 1.165) is 22.8 Å². The third kappa shape index (κ3) is 3.14. The number of hydrogen-bond donors (Lipinski definition) is 0. The van der Waals surface area contributed by atoms with Crippen molar-refractivity contribution in [1.29, 1.82) is 5.26 Å². The Balaban J connectivity index is 2.55. The molecule has 0 aliphatic rings. The van der Waals surface area contributed by atoms with Crippen molar-refractivity contribution >= 4 is 21.6 Å². The Morgan fingerprint density at radius 3 is 2.76 bits per heavy atom. The maximum atomic E-state index is 13.3. The van der Waals surface area contributed by atoms with E-state index in [1.165, 1.54) is 12.3 Å². The standard InChI is InChI=1S/C13H7BrFN3O3/c14-10-4-12(18(20)21)13(19)17(7-10)6-9-3-11(15)2-1-8(9)5-16/h1-4,7H,6H2. The first-order valence-corrected chi connectivity index (χ1v) is 6.44. The van der Waals surface area contributed by atoms with Crippen molar-refractivity contribution in [2.75, 3.05) is 0 Å². The first-order valence-electron chi connectivity index (χ1n) is 5.65. The van der Waals surface area contributed by atoms with E-state index in [-0.39, 0.29) is 17.7 Å². The smallest absolute Gasteiger partial charge is 0.304 e. The number of nitro groups is 1. The van der Waals surface area contributed by atoms with Gasteiger partial charge in [-0.25, -0.2) is 4.39 Å². The van der Waals surface area contributed by atoms with Crippen LogP contribution < -0.4 is 5.56 Å². The summed E-state index contributed by atoms with van der Waals surface area (Å²) < 4.78 is 14.6. The van der Waals surface area contributed by atoms with Crippen molar-refractivity contribution < 1.29 is 9.31 Å². The molecule has 1 aromatic heterocycles. The van der Waals surface area contributed by atoms with Crippen molar-refractivity contribution in [3.8, 4) is 6.07 Å². The van der Waals surface area contributed by atoms with E-state index in [9.17, 15) is 19.3 Å². The Kier molecular flexibility index (Phi) is 4.14. The summed E-state index contributed by atoms with van der Waals surface area (Å²) in [5, 5.41) is 19.8. The summed E-state index contributed by atoms with van der Waals surface area (Å²) >= 11 is 3.08. The van der Waals surface area contributed by atoms with Crippen LogP contribution in [0.2, 0.25) is 0 Å². The molecule has 0 bridgehead atoms. The van der Waals surface area contributed by atoms with Crippen LogP contribution >= 0.6 is 15.9 Å². The lowest BCUT2D eigenvalue weighted by Crippen LogP contribution is -2.23. The molecule has 6 nitrogen and oxygen atoms in total. The van der Waals surface area contributed by atoms with E-state index < -0.39 is 22.0 Å². The van der Waals surface area contributed by atoms with Crippen LogP contribution in [0.1, 0.15) is 11.1 Å². The molecule has 0 unspecified atom stereocenters. The summed E-state index contributed by atoms with van der Waals surface area (Å²) in [5.41, 5.74) is -0.950. The number of nitrogens with zero attached hydrogens (tertiary/aromatic N) is 3. The zero-order chi connectivity index (χ0) is 15.6. The van der Waals surface area contributed by atoms with Crippen LogP contribution in [0.5, 0.6) is 0 Å². The number of aromatic nitrogens is 1. The second-order valence-corrected chi connectivity index (χ2v) is 5.06. The number of nitriles is 1. The molecule has 2 rings (SSSR count). The Labute approximate surface area is 126 Å². The monoisotopic (exact) mass is 351 g/mol. The Morgan fingerprint density at radius 1 is 1.43 bits per heavy atom. The summed E-state index contributed by atoms with van der Waals surface area (Å²) in [4.78, 5) is 22.0. The molecule has 0 atom stereocenters. The van der Waals surface area contributed by atoms with Crippen LogP contribution in [0, 0.1) is 27.3 Å². The van der Waals surface area contributed by atoms with Gasteiger partial charge >= 0.3 is 11.2 Å². The molecule has 0 aliphatic carbocycles. The minimum Gasteiger partial charge on any atom is -0.304 e. The van der Waals surface area contributed by atoms with Gasteiger partial charge < -0.3 is 4.57 Å². The van der Waals surface area contributed by atoms with Crippen molar-refractivity contribution in [2.45, 2.75) is 6.54 Å². The lowest BCUT2D eigenvalue weighted by atomic mass is 10.1. The van der Waals surface area contributed by atoms with Gasteiger partial charge in [-0.05, 0) is 39.7 Å². The predicted molar refractivity (Wildman–Crippen MR) is 75.3 cm³/mol. The summed E-state index contributed by atoms with van der Waals surface area (Å²) in [6, 6.07) is 6.53. The zero-order valence-corrected chi connectivity index (χ0v) is 12.0. The fourth-order valence-electron chi connectivity index (χ4n) is 1.82. The highest BCUT2D eigenvalue weighted by Gasteiger charge is 2.17. The van der Waals surface area contributed by atoms with Crippen molar-refractivity contribution in [1.82, 2.24) is 4.57 Å². The predicted octanol–water partition coefficient (Wildman–Crippen LogP) is 2.58. The molecule has 0 spiro atoms. The van der Waals surface area contributed by atoms with Crippen molar-refractivity contribution in [2.24, 2.45) is 0 Å². The third-order valence-corrected chi connectivity index (χ3v) is 3.19. The molecule has 1 heterocycles. The maximum Gasteiger partial charge on any atom is 0.335 e. The lowest BCUT2D eigenvalue weighted by molar-refractivity contribution is -0.386. The molecule has 0 N–H and O–H groups in total. The van der Waals surface area contributed by atoms with Gasteiger partial charge in [0.2, 0.25) is 0 Å². The Hall–Kier alpha value is -2.53. The minimum atomic E-state index is -0.823. The highest BCUT2D eigenvalue weighted by Crippen LogP contribution is 2.16. The summed E-state index contributed by atoms with van der Waals surface area (Å²) in [7, 11) is 0. The van der Waals surface area contributed by atoms with Crippen LogP contribution in [0.3, 0.4) is 0 Å². The lowest BCUT2D eigenvalue weighted by Gasteiger charge is -2.08. The van der Waals surface area contributed by atoms with Gasteiger partial charge in [0.25, 0.3) is 0 Å². The van der Waals surface area contributed by atoms with Crippen LogP contribution in [0.15, 0.2) is 39.7 Å². The summed E-state index contributed by atoms with van der Waals surface area (Å²) in [5.74, 6) is -0.554. The SMILES string of the molecule is N#Cc1ccc(F)cc1Cn1cc(Br)cc([N+](=O)[O-])c1=O. The molecule has 2 aromatic rings. The number of halogens is 2. The first-order chi connectivity index (χ1) is 9.92. The van der Waals surface area contributed by atoms with Gasteiger partial charge in [0.05, 0.1) is 23.1 Å². The molecular formula is C13H7BrFN3O3.